The van der Waals surface area contributed by atoms with Crippen LogP contribution < -0.4 is 11.5 Å². The number of halogens is 3. The van der Waals surface area contributed by atoms with Crippen molar-refractivity contribution in [1.82, 2.24) is 0 Å². The van der Waals surface area contributed by atoms with Gasteiger partial charge in [0.05, 0.1) is 5.57 Å². The maximum absolute atomic E-state index is 12.0. The molecule has 0 radical (unpaired) electrons. The molecule has 0 amide bonds. The van der Waals surface area contributed by atoms with Crippen molar-refractivity contribution in [3.8, 4) is 0 Å². The topological polar surface area (TPSA) is 52.0 Å². The normalized spacial score (nSPS) is 16.2. The van der Waals surface area contributed by atoms with Crippen molar-refractivity contribution in [1.29, 1.82) is 0 Å². The van der Waals surface area contributed by atoms with E-state index in [9.17, 15) is 13.2 Å². The van der Waals surface area contributed by atoms with Crippen LogP contribution in [0, 0.1) is 0 Å². The van der Waals surface area contributed by atoms with Crippen LogP contribution in [0.3, 0.4) is 0 Å². The molecule has 1 unspecified atom stereocenters. The largest absolute Gasteiger partial charge is 0.414 e. The average molecular weight is 182 g/mol. The molecule has 0 aromatic heterocycles. The second kappa shape index (κ2) is 4.35. The minimum atomic E-state index is -4.35. The van der Waals surface area contributed by atoms with E-state index >= 15 is 0 Å². The SMILES string of the molecule is CCC(N)CC(=CN)C(F)(F)F. The quantitative estimate of drug-likeness (QED) is 0.695. The van der Waals surface area contributed by atoms with Gasteiger partial charge in [0, 0.05) is 12.2 Å². The molecule has 0 fully saturated rings. The predicted octanol–water partition coefficient (Wildman–Crippen LogP) is 1.52. The van der Waals surface area contributed by atoms with Gasteiger partial charge in [-0.05, 0) is 12.8 Å². The molecular formula is C7H13F3N2. The Hall–Kier alpha value is -0.710. The molecule has 2 nitrogen and oxygen atoms in total. The Morgan fingerprint density at radius 3 is 2.25 bits per heavy atom. The lowest BCUT2D eigenvalue weighted by atomic mass is 10.1. The second-order valence-electron chi connectivity index (χ2n) is 2.56. The van der Waals surface area contributed by atoms with Gasteiger partial charge in [-0.15, -0.1) is 0 Å². The fourth-order valence-electron chi connectivity index (χ4n) is 0.705. The highest BCUT2D eigenvalue weighted by atomic mass is 19.4. The maximum atomic E-state index is 12.0. The lowest BCUT2D eigenvalue weighted by Gasteiger charge is -2.14. The van der Waals surface area contributed by atoms with E-state index in [1.54, 1.807) is 6.92 Å². The Labute approximate surface area is 69.4 Å². The molecule has 0 rings (SSSR count). The zero-order valence-electron chi connectivity index (χ0n) is 6.86. The highest BCUT2D eigenvalue weighted by Gasteiger charge is 2.33. The van der Waals surface area contributed by atoms with E-state index in [0.29, 0.717) is 12.6 Å². The summed E-state index contributed by atoms with van der Waals surface area (Å²) in [5, 5.41) is 0. The van der Waals surface area contributed by atoms with Crippen molar-refractivity contribution in [3.63, 3.8) is 0 Å². The molecule has 0 aromatic carbocycles. The molecule has 0 aliphatic heterocycles. The van der Waals surface area contributed by atoms with E-state index in [4.69, 9.17) is 11.5 Å². The molecule has 5 heteroatoms. The minimum Gasteiger partial charge on any atom is -0.404 e. The van der Waals surface area contributed by atoms with Crippen LogP contribution in [0.2, 0.25) is 0 Å². The summed E-state index contributed by atoms with van der Waals surface area (Å²) in [6, 6.07) is -0.471. The number of hydrogen-bond donors (Lipinski definition) is 2. The Morgan fingerprint density at radius 1 is 1.50 bits per heavy atom. The fourth-order valence-corrected chi connectivity index (χ4v) is 0.705. The first-order chi connectivity index (χ1) is 5.41. The third kappa shape index (κ3) is 3.61. The second-order valence-corrected chi connectivity index (χ2v) is 2.56. The molecule has 0 aromatic rings. The summed E-state index contributed by atoms with van der Waals surface area (Å²) in [5.41, 5.74) is 9.42. The van der Waals surface area contributed by atoms with Gasteiger partial charge in [0.1, 0.15) is 0 Å². The van der Waals surface area contributed by atoms with Gasteiger partial charge < -0.3 is 11.5 Å². The Kier molecular flexibility index (Phi) is 4.09. The monoisotopic (exact) mass is 182 g/mol. The van der Waals surface area contributed by atoms with Crippen LogP contribution >= 0.6 is 0 Å². The van der Waals surface area contributed by atoms with E-state index in [-0.39, 0.29) is 6.42 Å². The van der Waals surface area contributed by atoms with Crippen LogP contribution in [0.15, 0.2) is 11.8 Å². The highest BCUT2D eigenvalue weighted by molar-refractivity contribution is 5.08. The Bertz CT molecular complexity index is 163. The molecule has 0 saturated heterocycles. The van der Waals surface area contributed by atoms with Crippen molar-refractivity contribution in [2.45, 2.75) is 32.0 Å². The standard InChI is InChI=1S/C7H13F3N2/c1-2-6(12)3-5(4-11)7(8,9)10/h4,6H,2-3,11-12H2,1H3. The van der Waals surface area contributed by atoms with Crippen LogP contribution in [0.4, 0.5) is 13.2 Å². The van der Waals surface area contributed by atoms with E-state index in [1.807, 2.05) is 0 Å². The number of hydrogen-bond acceptors (Lipinski definition) is 2. The molecule has 0 aliphatic carbocycles. The van der Waals surface area contributed by atoms with Crippen molar-refractivity contribution < 1.29 is 13.2 Å². The predicted molar refractivity (Wildman–Crippen MR) is 41.2 cm³/mol. The Morgan fingerprint density at radius 2 is 2.00 bits per heavy atom. The molecule has 12 heavy (non-hydrogen) atoms. The smallest absolute Gasteiger partial charge is 0.404 e. The summed E-state index contributed by atoms with van der Waals surface area (Å²) in [7, 11) is 0. The van der Waals surface area contributed by atoms with Crippen LogP contribution in [0.25, 0.3) is 0 Å². The number of alkyl halides is 3. The zero-order chi connectivity index (χ0) is 9.78. The summed E-state index contributed by atoms with van der Waals surface area (Å²) in [4.78, 5) is 0. The molecule has 0 aliphatic rings. The van der Waals surface area contributed by atoms with Gasteiger partial charge in [-0.3, -0.25) is 0 Å². The van der Waals surface area contributed by atoms with Gasteiger partial charge in [0.2, 0.25) is 0 Å². The number of rotatable bonds is 3. The van der Waals surface area contributed by atoms with Crippen molar-refractivity contribution >= 4 is 0 Å². The van der Waals surface area contributed by atoms with Gasteiger partial charge in [-0.25, -0.2) is 0 Å². The van der Waals surface area contributed by atoms with Gasteiger partial charge in [-0.1, -0.05) is 6.92 Å². The highest BCUT2D eigenvalue weighted by Crippen LogP contribution is 2.28. The molecule has 0 saturated carbocycles. The van der Waals surface area contributed by atoms with Gasteiger partial charge >= 0.3 is 6.18 Å². The minimum absolute atomic E-state index is 0.212. The molecule has 0 spiro atoms. The number of nitrogens with two attached hydrogens (primary N) is 2. The van der Waals surface area contributed by atoms with Gasteiger partial charge in [0.15, 0.2) is 0 Å². The summed E-state index contributed by atoms with van der Waals surface area (Å²) >= 11 is 0. The summed E-state index contributed by atoms with van der Waals surface area (Å²) in [6.45, 7) is 1.73. The summed E-state index contributed by atoms with van der Waals surface area (Å²) in [6.07, 6.45) is -3.47. The average Bonchev–Trinajstić information content (AvgIpc) is 1.97. The molecular weight excluding hydrogens is 169 g/mol. The first-order valence-corrected chi connectivity index (χ1v) is 3.65. The van der Waals surface area contributed by atoms with Crippen molar-refractivity contribution in [2.24, 2.45) is 11.5 Å². The lowest BCUT2D eigenvalue weighted by Crippen LogP contribution is -2.25. The van der Waals surface area contributed by atoms with Gasteiger partial charge in [-0.2, -0.15) is 13.2 Å². The van der Waals surface area contributed by atoms with E-state index in [0.717, 1.165) is 0 Å². The first kappa shape index (κ1) is 11.3. The van der Waals surface area contributed by atoms with Crippen molar-refractivity contribution in [2.75, 3.05) is 0 Å². The van der Waals surface area contributed by atoms with Crippen LogP contribution in [-0.4, -0.2) is 12.2 Å². The van der Waals surface area contributed by atoms with Crippen LogP contribution in [0.5, 0.6) is 0 Å². The zero-order valence-corrected chi connectivity index (χ0v) is 6.86. The van der Waals surface area contributed by atoms with Crippen LogP contribution in [-0.2, 0) is 0 Å². The summed E-state index contributed by atoms with van der Waals surface area (Å²) in [5.74, 6) is 0. The third-order valence-corrected chi connectivity index (χ3v) is 1.57. The summed E-state index contributed by atoms with van der Waals surface area (Å²) < 4.78 is 36.0. The molecule has 0 heterocycles. The first-order valence-electron chi connectivity index (χ1n) is 3.65. The van der Waals surface area contributed by atoms with Crippen molar-refractivity contribution in [3.05, 3.63) is 11.8 Å². The third-order valence-electron chi connectivity index (χ3n) is 1.57. The maximum Gasteiger partial charge on any atom is 0.414 e. The fraction of sp³-hybridized carbons (Fsp3) is 0.714. The molecule has 0 bridgehead atoms. The molecule has 4 N–H and O–H groups in total. The van der Waals surface area contributed by atoms with Gasteiger partial charge in [0.25, 0.3) is 0 Å². The van der Waals surface area contributed by atoms with Crippen LogP contribution in [0.1, 0.15) is 19.8 Å². The lowest BCUT2D eigenvalue weighted by molar-refractivity contribution is -0.0947. The Balaban J connectivity index is 4.22. The molecule has 72 valence electrons. The van der Waals surface area contributed by atoms with E-state index in [2.05, 4.69) is 0 Å². The molecule has 1 atom stereocenters. The van der Waals surface area contributed by atoms with E-state index in [1.165, 1.54) is 0 Å². The van der Waals surface area contributed by atoms with E-state index < -0.39 is 17.8 Å².